The maximum absolute atomic E-state index is 12.4. The van der Waals surface area contributed by atoms with Gasteiger partial charge in [-0.1, -0.05) is 0 Å². The minimum Gasteiger partial charge on any atom is -0.384 e. The van der Waals surface area contributed by atoms with Crippen LogP contribution in [0.3, 0.4) is 0 Å². The van der Waals surface area contributed by atoms with Gasteiger partial charge in [0.25, 0.3) is 0 Å². The Morgan fingerprint density at radius 3 is 2.61 bits per heavy atom. The van der Waals surface area contributed by atoms with Gasteiger partial charge < -0.3 is 5.73 Å². The number of nitrogens with one attached hydrogen (secondary N) is 1. The van der Waals surface area contributed by atoms with Crippen LogP contribution in [0.5, 0.6) is 0 Å². The highest BCUT2D eigenvalue weighted by Gasteiger charge is 2.33. The maximum atomic E-state index is 12.4. The molecule has 0 amide bonds. The Kier molecular flexibility index (Phi) is 2.77. The topological polar surface area (TPSA) is 80.6 Å². The number of halogens is 3. The second-order valence-electron chi connectivity index (χ2n) is 3.46. The number of nitrogens with two attached hydrogens (primary N) is 1. The van der Waals surface area contributed by atoms with Crippen LogP contribution < -0.4 is 5.73 Å². The predicted molar refractivity (Wildman–Crippen MR) is 57.4 cm³/mol. The van der Waals surface area contributed by atoms with Gasteiger partial charge in [0, 0.05) is 18.0 Å². The Labute approximate surface area is 99.6 Å². The van der Waals surface area contributed by atoms with Gasteiger partial charge >= 0.3 is 6.18 Å². The van der Waals surface area contributed by atoms with E-state index in [0.717, 1.165) is 16.9 Å². The van der Waals surface area contributed by atoms with Gasteiger partial charge in [-0.05, 0) is 18.2 Å². The number of hydrogen-bond donors (Lipinski definition) is 2. The molecule has 0 aliphatic heterocycles. The first kappa shape index (κ1) is 12.1. The highest BCUT2D eigenvalue weighted by molar-refractivity contribution is 5.95. The van der Waals surface area contributed by atoms with Gasteiger partial charge in [0.05, 0.1) is 0 Å². The van der Waals surface area contributed by atoms with E-state index in [9.17, 15) is 13.2 Å². The zero-order valence-electron chi connectivity index (χ0n) is 8.94. The summed E-state index contributed by atoms with van der Waals surface area (Å²) in [6.07, 6.45) is -2.00. The minimum absolute atomic E-state index is 0.165. The summed E-state index contributed by atoms with van der Waals surface area (Å²) >= 11 is 0. The molecule has 0 aliphatic carbocycles. The van der Waals surface area contributed by atoms with Crippen LogP contribution in [0.2, 0.25) is 0 Å². The number of rotatable bonds is 2. The van der Waals surface area contributed by atoms with E-state index in [-0.39, 0.29) is 11.7 Å². The van der Waals surface area contributed by atoms with Crippen molar-refractivity contribution >= 4 is 5.84 Å². The predicted octanol–water partition coefficient (Wildman–Crippen LogP) is 1.57. The first-order valence-electron chi connectivity index (χ1n) is 4.81. The fraction of sp³-hybridized carbons (Fsp3) is 0.100. The summed E-state index contributed by atoms with van der Waals surface area (Å²) in [6, 6.07) is 3.72. The SMILES string of the molecule is N=C(N)c1ccnc(-n2ccc(C(F)(F)F)n2)c1. The lowest BCUT2D eigenvalue weighted by Crippen LogP contribution is -2.12. The monoisotopic (exact) mass is 255 g/mol. The van der Waals surface area contributed by atoms with Crippen molar-refractivity contribution in [2.75, 3.05) is 0 Å². The fourth-order valence-electron chi connectivity index (χ4n) is 1.31. The van der Waals surface area contributed by atoms with E-state index in [1.165, 1.54) is 18.3 Å². The summed E-state index contributed by atoms with van der Waals surface area (Å²) < 4.78 is 38.1. The van der Waals surface area contributed by atoms with Crippen LogP contribution in [0.1, 0.15) is 11.3 Å². The Morgan fingerprint density at radius 2 is 2.06 bits per heavy atom. The number of alkyl halides is 3. The molecule has 18 heavy (non-hydrogen) atoms. The average Bonchev–Trinajstić information content (AvgIpc) is 2.78. The summed E-state index contributed by atoms with van der Waals surface area (Å²) in [4.78, 5) is 3.87. The van der Waals surface area contributed by atoms with E-state index in [1.54, 1.807) is 0 Å². The lowest BCUT2D eigenvalue weighted by Gasteiger charge is -2.04. The van der Waals surface area contributed by atoms with Crippen LogP contribution >= 0.6 is 0 Å². The molecule has 2 aromatic rings. The van der Waals surface area contributed by atoms with Crippen molar-refractivity contribution in [1.82, 2.24) is 14.8 Å². The van der Waals surface area contributed by atoms with Crippen LogP contribution in [0, 0.1) is 5.41 Å². The van der Waals surface area contributed by atoms with E-state index < -0.39 is 11.9 Å². The molecule has 0 atom stereocenters. The molecular formula is C10H8F3N5. The van der Waals surface area contributed by atoms with Crippen molar-refractivity contribution < 1.29 is 13.2 Å². The normalized spacial score (nSPS) is 11.5. The minimum atomic E-state index is -4.50. The van der Waals surface area contributed by atoms with Crippen molar-refractivity contribution in [2.45, 2.75) is 6.18 Å². The molecule has 0 radical (unpaired) electrons. The zero-order chi connectivity index (χ0) is 13.3. The first-order valence-corrected chi connectivity index (χ1v) is 4.81. The molecule has 0 fully saturated rings. The smallest absolute Gasteiger partial charge is 0.384 e. The summed E-state index contributed by atoms with van der Waals surface area (Å²) in [6.45, 7) is 0. The fourth-order valence-corrected chi connectivity index (χ4v) is 1.31. The third-order valence-corrected chi connectivity index (χ3v) is 2.17. The van der Waals surface area contributed by atoms with Crippen LogP contribution in [-0.2, 0) is 6.18 Å². The van der Waals surface area contributed by atoms with E-state index in [0.29, 0.717) is 5.56 Å². The number of nitrogen functional groups attached to an aromatic ring is 1. The van der Waals surface area contributed by atoms with Crippen molar-refractivity contribution in [3.05, 3.63) is 41.9 Å². The summed E-state index contributed by atoms with van der Waals surface area (Å²) in [7, 11) is 0. The van der Waals surface area contributed by atoms with Crippen LogP contribution in [0.15, 0.2) is 30.6 Å². The number of hydrogen-bond acceptors (Lipinski definition) is 3. The molecule has 0 aromatic carbocycles. The molecule has 0 spiro atoms. The van der Waals surface area contributed by atoms with Gasteiger partial charge in [-0.3, -0.25) is 5.41 Å². The molecular weight excluding hydrogens is 247 g/mol. The summed E-state index contributed by atoms with van der Waals surface area (Å²) in [5, 5.41) is 10.6. The zero-order valence-corrected chi connectivity index (χ0v) is 8.94. The quantitative estimate of drug-likeness (QED) is 0.631. The second-order valence-corrected chi connectivity index (χ2v) is 3.46. The Bertz CT molecular complexity index is 587. The summed E-state index contributed by atoms with van der Waals surface area (Å²) in [5.74, 6) is -0.0277. The van der Waals surface area contributed by atoms with E-state index in [1.807, 2.05) is 0 Å². The molecule has 94 valence electrons. The molecule has 2 heterocycles. The van der Waals surface area contributed by atoms with Crippen LogP contribution in [0.25, 0.3) is 5.82 Å². The Balaban J connectivity index is 2.40. The van der Waals surface area contributed by atoms with E-state index in [2.05, 4.69) is 10.1 Å². The van der Waals surface area contributed by atoms with Gasteiger partial charge in [0.2, 0.25) is 0 Å². The van der Waals surface area contributed by atoms with Gasteiger partial charge in [0.15, 0.2) is 11.5 Å². The maximum Gasteiger partial charge on any atom is 0.435 e. The molecule has 5 nitrogen and oxygen atoms in total. The molecule has 0 saturated carbocycles. The number of amidine groups is 1. The van der Waals surface area contributed by atoms with Crippen molar-refractivity contribution in [3.8, 4) is 5.82 Å². The first-order chi connectivity index (χ1) is 8.38. The third kappa shape index (κ3) is 2.31. The number of pyridine rings is 1. The van der Waals surface area contributed by atoms with Crippen molar-refractivity contribution in [1.29, 1.82) is 5.41 Å². The second kappa shape index (κ2) is 4.13. The van der Waals surface area contributed by atoms with Gasteiger partial charge in [0.1, 0.15) is 5.84 Å². The Hall–Kier alpha value is -2.38. The van der Waals surface area contributed by atoms with E-state index in [4.69, 9.17) is 11.1 Å². The van der Waals surface area contributed by atoms with E-state index >= 15 is 0 Å². The number of nitrogens with zero attached hydrogens (tertiary/aromatic N) is 3. The highest BCUT2D eigenvalue weighted by Crippen LogP contribution is 2.27. The Morgan fingerprint density at radius 1 is 1.33 bits per heavy atom. The van der Waals surface area contributed by atoms with Gasteiger partial charge in [-0.25, -0.2) is 9.67 Å². The average molecular weight is 255 g/mol. The lowest BCUT2D eigenvalue weighted by molar-refractivity contribution is -0.141. The summed E-state index contributed by atoms with van der Waals surface area (Å²) in [5.41, 5.74) is 4.64. The number of aromatic nitrogens is 3. The molecule has 8 heteroatoms. The van der Waals surface area contributed by atoms with Gasteiger partial charge in [-0.2, -0.15) is 18.3 Å². The molecule has 0 bridgehead atoms. The van der Waals surface area contributed by atoms with Crippen LogP contribution in [0.4, 0.5) is 13.2 Å². The third-order valence-electron chi connectivity index (χ3n) is 2.17. The largest absolute Gasteiger partial charge is 0.435 e. The molecule has 0 aliphatic rings. The van der Waals surface area contributed by atoms with Crippen LogP contribution in [-0.4, -0.2) is 20.6 Å². The lowest BCUT2D eigenvalue weighted by atomic mass is 10.2. The van der Waals surface area contributed by atoms with Crippen molar-refractivity contribution in [2.24, 2.45) is 5.73 Å². The molecule has 0 saturated heterocycles. The molecule has 2 aromatic heterocycles. The standard InChI is InChI=1S/C10H8F3N5/c11-10(12,13)7-2-4-18(17-7)8-5-6(9(14)15)1-3-16-8/h1-5H,(H3,14,15). The van der Waals surface area contributed by atoms with Gasteiger partial charge in [-0.15, -0.1) is 0 Å². The molecule has 0 unspecified atom stereocenters. The van der Waals surface area contributed by atoms with Crippen molar-refractivity contribution in [3.63, 3.8) is 0 Å². The molecule has 3 N–H and O–H groups in total. The highest BCUT2D eigenvalue weighted by atomic mass is 19.4. The molecule has 2 rings (SSSR count).